The maximum absolute atomic E-state index is 6.31. The molecule has 0 aromatic heterocycles. The van der Waals surface area contributed by atoms with Gasteiger partial charge < -0.3 is 10.1 Å². The first kappa shape index (κ1) is 14.9. The molecule has 0 aliphatic carbocycles. The van der Waals surface area contributed by atoms with Crippen LogP contribution in [0.1, 0.15) is 29.7 Å². The molecule has 0 aliphatic rings. The van der Waals surface area contributed by atoms with Crippen molar-refractivity contribution in [3.63, 3.8) is 0 Å². The number of halogens is 1. The fourth-order valence-electron chi connectivity index (χ4n) is 2.21. The van der Waals surface area contributed by atoms with Crippen LogP contribution in [0.5, 0.6) is 11.5 Å². The minimum atomic E-state index is 0.220. The number of rotatable bonds is 4. The van der Waals surface area contributed by atoms with Crippen molar-refractivity contribution in [2.45, 2.75) is 26.8 Å². The summed E-state index contributed by atoms with van der Waals surface area (Å²) >= 11 is 6.31. The van der Waals surface area contributed by atoms with Crippen molar-refractivity contribution in [3.05, 3.63) is 58.1 Å². The summed E-state index contributed by atoms with van der Waals surface area (Å²) in [4.78, 5) is 0. The van der Waals surface area contributed by atoms with E-state index >= 15 is 0 Å². The van der Waals surface area contributed by atoms with Gasteiger partial charge in [-0.15, -0.1) is 0 Å². The van der Waals surface area contributed by atoms with Crippen molar-refractivity contribution in [3.8, 4) is 11.5 Å². The standard InChI is InChI=1S/C17H20ClNO/c1-11-7-12(2)9-15(8-11)20-14-5-6-16(13(3)19-4)17(18)10-14/h5-10,13,19H,1-4H3. The second-order valence-corrected chi connectivity index (χ2v) is 5.53. The molecule has 2 nitrogen and oxygen atoms in total. The van der Waals surface area contributed by atoms with E-state index in [1.54, 1.807) is 0 Å². The smallest absolute Gasteiger partial charge is 0.128 e. The molecule has 0 saturated carbocycles. The highest BCUT2D eigenvalue weighted by Crippen LogP contribution is 2.30. The third-order valence-corrected chi connectivity index (χ3v) is 3.63. The predicted octanol–water partition coefficient (Wildman–Crippen LogP) is 5.03. The van der Waals surface area contributed by atoms with Crippen molar-refractivity contribution in [2.75, 3.05) is 7.05 Å². The van der Waals surface area contributed by atoms with E-state index in [-0.39, 0.29) is 6.04 Å². The summed E-state index contributed by atoms with van der Waals surface area (Å²) in [6, 6.07) is 12.2. The van der Waals surface area contributed by atoms with Crippen LogP contribution in [-0.2, 0) is 0 Å². The van der Waals surface area contributed by atoms with E-state index < -0.39 is 0 Å². The van der Waals surface area contributed by atoms with E-state index in [0.717, 1.165) is 17.1 Å². The molecule has 0 aliphatic heterocycles. The fraction of sp³-hybridized carbons (Fsp3) is 0.294. The molecule has 20 heavy (non-hydrogen) atoms. The molecule has 106 valence electrons. The zero-order valence-electron chi connectivity index (χ0n) is 12.3. The molecule has 0 saturated heterocycles. The first-order chi connectivity index (χ1) is 9.49. The van der Waals surface area contributed by atoms with Crippen LogP contribution in [0.25, 0.3) is 0 Å². The number of ether oxygens (including phenoxy) is 1. The molecule has 0 radical (unpaired) electrons. The number of hydrogen-bond acceptors (Lipinski definition) is 2. The maximum Gasteiger partial charge on any atom is 0.128 e. The van der Waals surface area contributed by atoms with Crippen LogP contribution >= 0.6 is 11.6 Å². The normalized spacial score (nSPS) is 12.2. The van der Waals surface area contributed by atoms with Gasteiger partial charge in [-0.2, -0.15) is 0 Å². The Morgan fingerprint density at radius 1 is 1.00 bits per heavy atom. The van der Waals surface area contributed by atoms with Crippen LogP contribution in [0.3, 0.4) is 0 Å². The number of hydrogen-bond donors (Lipinski definition) is 1. The molecule has 3 heteroatoms. The number of nitrogens with one attached hydrogen (secondary N) is 1. The predicted molar refractivity (Wildman–Crippen MR) is 84.9 cm³/mol. The van der Waals surface area contributed by atoms with Crippen molar-refractivity contribution in [1.82, 2.24) is 5.32 Å². The first-order valence-electron chi connectivity index (χ1n) is 6.72. The van der Waals surface area contributed by atoms with Gasteiger partial charge in [0, 0.05) is 11.1 Å². The van der Waals surface area contributed by atoms with Gasteiger partial charge in [-0.3, -0.25) is 0 Å². The zero-order chi connectivity index (χ0) is 14.7. The summed E-state index contributed by atoms with van der Waals surface area (Å²) in [5.74, 6) is 1.60. The van der Waals surface area contributed by atoms with Gasteiger partial charge in [-0.25, -0.2) is 0 Å². The van der Waals surface area contributed by atoms with Crippen molar-refractivity contribution < 1.29 is 4.74 Å². The lowest BCUT2D eigenvalue weighted by Crippen LogP contribution is -2.12. The highest BCUT2D eigenvalue weighted by atomic mass is 35.5. The molecule has 2 aromatic rings. The Labute approximate surface area is 125 Å². The lowest BCUT2D eigenvalue weighted by atomic mass is 10.1. The molecular weight excluding hydrogens is 270 g/mol. The molecule has 0 heterocycles. The van der Waals surface area contributed by atoms with Crippen LogP contribution in [0.4, 0.5) is 0 Å². The molecule has 2 rings (SSSR count). The molecule has 0 bridgehead atoms. The maximum atomic E-state index is 6.31. The van der Waals surface area contributed by atoms with Gasteiger partial charge in [-0.05, 0) is 68.8 Å². The topological polar surface area (TPSA) is 21.3 Å². The SMILES string of the molecule is CNC(C)c1ccc(Oc2cc(C)cc(C)c2)cc1Cl. The first-order valence-corrected chi connectivity index (χ1v) is 7.10. The Bertz CT molecular complexity index is 590. The summed E-state index contributed by atoms with van der Waals surface area (Å²) in [7, 11) is 1.92. The molecule has 0 spiro atoms. The minimum Gasteiger partial charge on any atom is -0.457 e. The molecular formula is C17H20ClNO. The average molecular weight is 290 g/mol. The summed E-state index contributed by atoms with van der Waals surface area (Å²) in [6.07, 6.45) is 0. The third kappa shape index (κ3) is 3.53. The average Bonchev–Trinajstić information content (AvgIpc) is 2.36. The molecule has 1 unspecified atom stereocenters. The van der Waals surface area contributed by atoms with Crippen molar-refractivity contribution >= 4 is 11.6 Å². The third-order valence-electron chi connectivity index (χ3n) is 3.30. The van der Waals surface area contributed by atoms with Gasteiger partial charge >= 0.3 is 0 Å². The van der Waals surface area contributed by atoms with Gasteiger partial charge in [0.1, 0.15) is 11.5 Å². The van der Waals surface area contributed by atoms with Gasteiger partial charge in [0.15, 0.2) is 0 Å². The van der Waals surface area contributed by atoms with E-state index in [4.69, 9.17) is 16.3 Å². The van der Waals surface area contributed by atoms with E-state index in [1.165, 1.54) is 11.1 Å². The van der Waals surface area contributed by atoms with Crippen LogP contribution in [0.2, 0.25) is 5.02 Å². The quantitative estimate of drug-likeness (QED) is 0.852. The summed E-state index contributed by atoms with van der Waals surface area (Å²) < 4.78 is 5.88. The highest BCUT2D eigenvalue weighted by Gasteiger charge is 2.09. The molecule has 2 aromatic carbocycles. The Morgan fingerprint density at radius 3 is 2.20 bits per heavy atom. The second-order valence-electron chi connectivity index (χ2n) is 5.12. The second kappa shape index (κ2) is 6.29. The molecule has 0 amide bonds. The van der Waals surface area contributed by atoms with Crippen LogP contribution in [-0.4, -0.2) is 7.05 Å². The van der Waals surface area contributed by atoms with Gasteiger partial charge in [0.05, 0.1) is 0 Å². The Kier molecular flexibility index (Phi) is 4.69. The van der Waals surface area contributed by atoms with E-state index in [1.807, 2.05) is 37.4 Å². The van der Waals surface area contributed by atoms with Gasteiger partial charge in [0.25, 0.3) is 0 Å². The Hall–Kier alpha value is -1.51. The number of benzene rings is 2. The van der Waals surface area contributed by atoms with Gasteiger partial charge in [0.2, 0.25) is 0 Å². The molecule has 1 N–H and O–H groups in total. The zero-order valence-corrected chi connectivity index (χ0v) is 13.1. The largest absolute Gasteiger partial charge is 0.457 e. The molecule has 1 atom stereocenters. The van der Waals surface area contributed by atoms with Crippen LogP contribution in [0, 0.1) is 13.8 Å². The van der Waals surface area contributed by atoms with E-state index in [0.29, 0.717) is 5.02 Å². The van der Waals surface area contributed by atoms with E-state index in [9.17, 15) is 0 Å². The summed E-state index contributed by atoms with van der Waals surface area (Å²) in [5.41, 5.74) is 3.44. The van der Waals surface area contributed by atoms with Crippen LogP contribution in [0.15, 0.2) is 36.4 Å². The Morgan fingerprint density at radius 2 is 1.65 bits per heavy atom. The van der Waals surface area contributed by atoms with Crippen molar-refractivity contribution in [2.24, 2.45) is 0 Å². The van der Waals surface area contributed by atoms with Crippen molar-refractivity contribution in [1.29, 1.82) is 0 Å². The Balaban J connectivity index is 2.24. The number of aryl methyl sites for hydroxylation is 2. The summed E-state index contributed by atoms with van der Waals surface area (Å²) in [5, 5.41) is 3.90. The van der Waals surface area contributed by atoms with Crippen LogP contribution < -0.4 is 10.1 Å². The lowest BCUT2D eigenvalue weighted by molar-refractivity contribution is 0.481. The fourth-order valence-corrected chi connectivity index (χ4v) is 2.54. The molecule has 0 fully saturated rings. The monoisotopic (exact) mass is 289 g/mol. The summed E-state index contributed by atoms with van der Waals surface area (Å²) in [6.45, 7) is 6.20. The van der Waals surface area contributed by atoms with E-state index in [2.05, 4.69) is 32.2 Å². The lowest BCUT2D eigenvalue weighted by Gasteiger charge is -2.14. The van der Waals surface area contributed by atoms with Gasteiger partial charge in [-0.1, -0.05) is 23.7 Å². The minimum absolute atomic E-state index is 0.220. The highest BCUT2D eigenvalue weighted by molar-refractivity contribution is 6.31.